The van der Waals surface area contributed by atoms with Gasteiger partial charge in [-0.2, -0.15) is 0 Å². The summed E-state index contributed by atoms with van der Waals surface area (Å²) < 4.78 is 16.7. The number of rotatable bonds is 8. The standard InChI is InChI=1S/C23H22ClNO4/c1-3-28-21-11-9-16(13-17(21)15-27-2)23(26)25-20-14-18(24)10-12-22(20)29-19-7-5-4-6-8-19/h4-14H,3,15H2,1-2H3,(H,25,26). The summed E-state index contributed by atoms with van der Waals surface area (Å²) in [5, 5.41) is 3.37. The number of para-hydroxylation sites is 1. The van der Waals surface area contributed by atoms with Crippen molar-refractivity contribution in [2.45, 2.75) is 13.5 Å². The fourth-order valence-corrected chi connectivity index (χ4v) is 2.96. The monoisotopic (exact) mass is 411 g/mol. The summed E-state index contributed by atoms with van der Waals surface area (Å²) in [4.78, 5) is 12.9. The van der Waals surface area contributed by atoms with Crippen molar-refractivity contribution in [2.75, 3.05) is 19.0 Å². The Morgan fingerprint density at radius 1 is 1.00 bits per heavy atom. The van der Waals surface area contributed by atoms with Crippen LogP contribution in [0, 0.1) is 0 Å². The van der Waals surface area contributed by atoms with Crippen LogP contribution in [0.5, 0.6) is 17.2 Å². The van der Waals surface area contributed by atoms with E-state index in [1.807, 2.05) is 37.3 Å². The van der Waals surface area contributed by atoms with Crippen molar-refractivity contribution in [3.63, 3.8) is 0 Å². The molecule has 0 aliphatic carbocycles. The fraction of sp³-hybridized carbons (Fsp3) is 0.174. The molecule has 1 N–H and O–H groups in total. The number of amides is 1. The third-order valence-electron chi connectivity index (χ3n) is 4.08. The molecular formula is C23H22ClNO4. The predicted molar refractivity (Wildman–Crippen MR) is 114 cm³/mol. The van der Waals surface area contributed by atoms with Crippen molar-refractivity contribution in [3.8, 4) is 17.2 Å². The molecule has 1 amide bonds. The molecule has 0 radical (unpaired) electrons. The number of methoxy groups -OCH3 is 1. The van der Waals surface area contributed by atoms with Gasteiger partial charge < -0.3 is 19.5 Å². The first-order valence-corrected chi connectivity index (χ1v) is 9.57. The quantitative estimate of drug-likeness (QED) is 0.499. The predicted octanol–water partition coefficient (Wildman–Crippen LogP) is 5.93. The zero-order valence-electron chi connectivity index (χ0n) is 16.3. The summed E-state index contributed by atoms with van der Waals surface area (Å²) in [5.41, 5.74) is 1.76. The number of carbonyl (C=O) groups is 1. The third-order valence-corrected chi connectivity index (χ3v) is 4.32. The summed E-state index contributed by atoms with van der Waals surface area (Å²) in [6, 6.07) is 19.7. The van der Waals surface area contributed by atoms with E-state index < -0.39 is 0 Å². The van der Waals surface area contributed by atoms with E-state index in [0.717, 1.165) is 5.56 Å². The van der Waals surface area contributed by atoms with Crippen LogP contribution in [0.4, 0.5) is 5.69 Å². The molecule has 0 spiro atoms. The second-order valence-electron chi connectivity index (χ2n) is 6.20. The van der Waals surface area contributed by atoms with Crippen molar-refractivity contribution < 1.29 is 19.0 Å². The summed E-state index contributed by atoms with van der Waals surface area (Å²) in [7, 11) is 1.60. The van der Waals surface area contributed by atoms with E-state index in [4.69, 9.17) is 25.8 Å². The van der Waals surface area contributed by atoms with Crippen LogP contribution < -0.4 is 14.8 Å². The topological polar surface area (TPSA) is 56.8 Å². The van der Waals surface area contributed by atoms with Crippen molar-refractivity contribution in [2.24, 2.45) is 0 Å². The molecule has 0 bridgehead atoms. The lowest BCUT2D eigenvalue weighted by Crippen LogP contribution is -2.13. The maximum Gasteiger partial charge on any atom is 0.255 e. The van der Waals surface area contributed by atoms with Crippen LogP contribution in [0.3, 0.4) is 0 Å². The molecule has 150 valence electrons. The highest BCUT2D eigenvalue weighted by molar-refractivity contribution is 6.31. The summed E-state index contributed by atoms with van der Waals surface area (Å²) in [5.74, 6) is 1.57. The first-order valence-electron chi connectivity index (χ1n) is 9.19. The molecule has 0 saturated carbocycles. The van der Waals surface area contributed by atoms with Gasteiger partial charge in [-0.3, -0.25) is 4.79 Å². The van der Waals surface area contributed by atoms with E-state index >= 15 is 0 Å². The van der Waals surface area contributed by atoms with Crippen molar-refractivity contribution >= 4 is 23.2 Å². The van der Waals surface area contributed by atoms with E-state index in [2.05, 4.69) is 5.32 Å². The first kappa shape index (κ1) is 20.7. The maximum atomic E-state index is 12.9. The average molecular weight is 412 g/mol. The zero-order valence-corrected chi connectivity index (χ0v) is 17.0. The van der Waals surface area contributed by atoms with Gasteiger partial charge >= 0.3 is 0 Å². The minimum atomic E-state index is -0.287. The summed E-state index contributed by atoms with van der Waals surface area (Å²) in [6.45, 7) is 2.78. The number of nitrogens with one attached hydrogen (secondary N) is 1. The lowest BCUT2D eigenvalue weighted by atomic mass is 10.1. The summed E-state index contributed by atoms with van der Waals surface area (Å²) >= 11 is 6.13. The first-order chi connectivity index (χ1) is 14.1. The smallest absolute Gasteiger partial charge is 0.255 e. The van der Waals surface area contributed by atoms with E-state index in [1.165, 1.54) is 0 Å². The summed E-state index contributed by atoms with van der Waals surface area (Å²) in [6.07, 6.45) is 0. The van der Waals surface area contributed by atoms with Gasteiger partial charge in [-0.1, -0.05) is 29.8 Å². The van der Waals surface area contributed by atoms with Crippen LogP contribution in [-0.2, 0) is 11.3 Å². The second-order valence-corrected chi connectivity index (χ2v) is 6.63. The minimum absolute atomic E-state index is 0.287. The Morgan fingerprint density at radius 3 is 2.48 bits per heavy atom. The Morgan fingerprint density at radius 2 is 1.76 bits per heavy atom. The van der Waals surface area contributed by atoms with Crippen LogP contribution in [0.25, 0.3) is 0 Å². The molecular weight excluding hydrogens is 390 g/mol. The third kappa shape index (κ3) is 5.50. The Hall–Kier alpha value is -3.02. The van der Waals surface area contributed by atoms with E-state index in [1.54, 1.807) is 43.5 Å². The highest BCUT2D eigenvalue weighted by Crippen LogP contribution is 2.32. The van der Waals surface area contributed by atoms with Gasteiger partial charge in [0.2, 0.25) is 0 Å². The Kier molecular flexibility index (Phi) is 7.11. The number of anilines is 1. The SMILES string of the molecule is CCOc1ccc(C(=O)Nc2cc(Cl)ccc2Oc2ccccc2)cc1COC. The van der Waals surface area contributed by atoms with Gasteiger partial charge in [0.05, 0.1) is 18.9 Å². The van der Waals surface area contributed by atoms with Gasteiger partial charge in [0, 0.05) is 23.3 Å². The van der Waals surface area contributed by atoms with Crippen LogP contribution in [0.2, 0.25) is 5.02 Å². The van der Waals surface area contributed by atoms with Gasteiger partial charge in [-0.25, -0.2) is 0 Å². The van der Waals surface area contributed by atoms with Crippen molar-refractivity contribution in [1.29, 1.82) is 0 Å². The maximum absolute atomic E-state index is 12.9. The van der Waals surface area contributed by atoms with Gasteiger partial charge in [0.1, 0.15) is 11.5 Å². The van der Waals surface area contributed by atoms with Gasteiger partial charge in [-0.15, -0.1) is 0 Å². The van der Waals surface area contributed by atoms with Gasteiger partial charge in [-0.05, 0) is 55.5 Å². The highest BCUT2D eigenvalue weighted by Gasteiger charge is 2.14. The van der Waals surface area contributed by atoms with Crippen LogP contribution >= 0.6 is 11.6 Å². The minimum Gasteiger partial charge on any atom is -0.494 e. The van der Waals surface area contributed by atoms with Gasteiger partial charge in [0.15, 0.2) is 5.75 Å². The molecule has 0 fully saturated rings. The molecule has 29 heavy (non-hydrogen) atoms. The second kappa shape index (κ2) is 9.96. The zero-order chi connectivity index (χ0) is 20.6. The number of benzene rings is 3. The molecule has 6 heteroatoms. The molecule has 0 atom stereocenters. The number of halogens is 1. The molecule has 5 nitrogen and oxygen atoms in total. The van der Waals surface area contributed by atoms with Crippen molar-refractivity contribution in [3.05, 3.63) is 82.9 Å². The lowest BCUT2D eigenvalue weighted by Gasteiger charge is -2.14. The lowest BCUT2D eigenvalue weighted by molar-refractivity contribution is 0.102. The molecule has 0 saturated heterocycles. The van der Waals surface area contributed by atoms with Crippen LogP contribution in [0.15, 0.2) is 66.7 Å². The number of hydrogen-bond donors (Lipinski definition) is 1. The van der Waals surface area contributed by atoms with Crippen LogP contribution in [-0.4, -0.2) is 19.6 Å². The number of ether oxygens (including phenoxy) is 3. The molecule has 0 aromatic heterocycles. The van der Waals surface area contributed by atoms with E-state index in [9.17, 15) is 4.79 Å². The Balaban J connectivity index is 1.85. The molecule has 3 rings (SSSR count). The molecule has 0 heterocycles. The molecule has 3 aromatic rings. The van der Waals surface area contributed by atoms with Gasteiger partial charge in [0.25, 0.3) is 5.91 Å². The largest absolute Gasteiger partial charge is 0.494 e. The highest BCUT2D eigenvalue weighted by atomic mass is 35.5. The van der Waals surface area contributed by atoms with Crippen LogP contribution in [0.1, 0.15) is 22.8 Å². The molecule has 3 aromatic carbocycles. The molecule has 0 unspecified atom stereocenters. The normalized spacial score (nSPS) is 10.4. The number of carbonyl (C=O) groups excluding carboxylic acids is 1. The van der Waals surface area contributed by atoms with Crippen molar-refractivity contribution in [1.82, 2.24) is 0 Å². The van der Waals surface area contributed by atoms with E-state index in [-0.39, 0.29) is 5.91 Å². The average Bonchev–Trinajstić information content (AvgIpc) is 2.72. The molecule has 0 aliphatic rings. The fourth-order valence-electron chi connectivity index (χ4n) is 2.78. The van der Waals surface area contributed by atoms with E-state index in [0.29, 0.717) is 46.7 Å². The Labute approximate surface area is 175 Å². The Bertz CT molecular complexity index is 976. The molecule has 0 aliphatic heterocycles. The number of hydrogen-bond acceptors (Lipinski definition) is 4.